The number of anilines is 1. The normalized spacial score (nSPS) is 10.7. The quantitative estimate of drug-likeness (QED) is 0.699. The van der Waals surface area contributed by atoms with Gasteiger partial charge in [-0.2, -0.15) is 0 Å². The summed E-state index contributed by atoms with van der Waals surface area (Å²) in [6, 6.07) is 3.10. The number of hydrogen-bond donors (Lipinski definition) is 2. The predicted molar refractivity (Wildman–Crippen MR) is 62.8 cm³/mol. The number of carbonyl (C=O) groups is 1. The molecular formula is C12H19NO3. The lowest BCUT2D eigenvalue weighted by Crippen LogP contribution is -2.01. The first kappa shape index (κ1) is 12.6. The molecule has 4 nitrogen and oxygen atoms in total. The molecule has 0 unspecified atom stereocenters. The molecule has 1 aromatic rings. The lowest BCUT2D eigenvalue weighted by Gasteiger charge is -2.04. The van der Waals surface area contributed by atoms with Crippen LogP contribution in [0.5, 0.6) is 0 Å². The summed E-state index contributed by atoms with van der Waals surface area (Å²) in [5, 5.41) is 11.7. The van der Waals surface area contributed by atoms with Crippen molar-refractivity contribution in [1.82, 2.24) is 0 Å². The highest BCUT2D eigenvalue weighted by molar-refractivity contribution is 5.84. The van der Waals surface area contributed by atoms with E-state index in [4.69, 9.17) is 9.52 Å². The van der Waals surface area contributed by atoms with Gasteiger partial charge in [0.2, 0.25) is 5.76 Å². The number of aromatic carboxylic acids is 1. The molecule has 0 aromatic carbocycles. The Morgan fingerprint density at radius 3 is 2.75 bits per heavy atom. The number of rotatable bonds is 7. The second kappa shape index (κ2) is 6.20. The summed E-state index contributed by atoms with van der Waals surface area (Å²) in [6.07, 6.45) is 3.47. The Bertz CT molecular complexity index is 331. The van der Waals surface area contributed by atoms with Crippen molar-refractivity contribution in [2.24, 2.45) is 5.92 Å². The molecule has 0 aliphatic rings. The fourth-order valence-electron chi connectivity index (χ4n) is 1.44. The lowest BCUT2D eigenvalue weighted by molar-refractivity contribution is 0.0663. The van der Waals surface area contributed by atoms with Crippen molar-refractivity contribution in [3.05, 3.63) is 17.9 Å². The highest BCUT2D eigenvalue weighted by Crippen LogP contribution is 2.13. The summed E-state index contributed by atoms with van der Waals surface area (Å²) >= 11 is 0. The molecule has 1 aromatic heterocycles. The molecule has 0 aliphatic heterocycles. The zero-order chi connectivity index (χ0) is 12.0. The minimum Gasteiger partial charge on any atom is -0.475 e. The van der Waals surface area contributed by atoms with Crippen LogP contribution >= 0.6 is 0 Å². The van der Waals surface area contributed by atoms with E-state index in [-0.39, 0.29) is 5.76 Å². The molecule has 0 radical (unpaired) electrons. The van der Waals surface area contributed by atoms with Crippen molar-refractivity contribution < 1.29 is 14.3 Å². The second-order valence-electron chi connectivity index (χ2n) is 4.29. The van der Waals surface area contributed by atoms with Gasteiger partial charge in [-0.15, -0.1) is 0 Å². The number of hydrogen-bond acceptors (Lipinski definition) is 3. The van der Waals surface area contributed by atoms with Gasteiger partial charge in [-0.05, 0) is 18.4 Å². The van der Waals surface area contributed by atoms with Gasteiger partial charge in [-0.25, -0.2) is 4.79 Å². The summed E-state index contributed by atoms with van der Waals surface area (Å²) in [5.41, 5.74) is 0. The smallest absolute Gasteiger partial charge is 0.371 e. The van der Waals surface area contributed by atoms with Crippen LogP contribution in [0.3, 0.4) is 0 Å². The van der Waals surface area contributed by atoms with E-state index in [0.29, 0.717) is 5.88 Å². The van der Waals surface area contributed by atoms with Crippen LogP contribution in [0.25, 0.3) is 0 Å². The molecule has 0 fully saturated rings. The molecule has 0 bridgehead atoms. The molecule has 2 N–H and O–H groups in total. The van der Waals surface area contributed by atoms with Crippen molar-refractivity contribution in [3.8, 4) is 0 Å². The van der Waals surface area contributed by atoms with E-state index in [2.05, 4.69) is 19.2 Å². The molecule has 0 amide bonds. The fourth-order valence-corrected chi connectivity index (χ4v) is 1.44. The van der Waals surface area contributed by atoms with Crippen molar-refractivity contribution in [1.29, 1.82) is 0 Å². The molecule has 90 valence electrons. The van der Waals surface area contributed by atoms with E-state index < -0.39 is 5.97 Å². The highest BCUT2D eigenvalue weighted by atomic mass is 16.4. The Morgan fingerprint density at radius 2 is 2.19 bits per heavy atom. The van der Waals surface area contributed by atoms with Crippen molar-refractivity contribution in [3.63, 3.8) is 0 Å². The van der Waals surface area contributed by atoms with Crippen LogP contribution in [0.2, 0.25) is 0 Å². The first-order chi connectivity index (χ1) is 7.59. The van der Waals surface area contributed by atoms with Gasteiger partial charge in [0.25, 0.3) is 0 Å². The first-order valence-corrected chi connectivity index (χ1v) is 5.66. The van der Waals surface area contributed by atoms with E-state index >= 15 is 0 Å². The number of furan rings is 1. The maximum Gasteiger partial charge on any atom is 0.371 e. The molecule has 16 heavy (non-hydrogen) atoms. The number of carboxylic acids is 1. The lowest BCUT2D eigenvalue weighted by atomic mass is 10.1. The van der Waals surface area contributed by atoms with E-state index in [1.165, 1.54) is 18.9 Å². The van der Waals surface area contributed by atoms with Crippen LogP contribution in [-0.4, -0.2) is 17.6 Å². The van der Waals surface area contributed by atoms with Gasteiger partial charge in [-0.3, -0.25) is 0 Å². The average molecular weight is 225 g/mol. The van der Waals surface area contributed by atoms with E-state index in [1.54, 1.807) is 6.07 Å². The molecule has 0 spiro atoms. The first-order valence-electron chi connectivity index (χ1n) is 5.66. The molecule has 0 saturated carbocycles. The molecular weight excluding hydrogens is 206 g/mol. The number of carboxylic acid groups (broad SMARTS) is 1. The fraction of sp³-hybridized carbons (Fsp3) is 0.583. The van der Waals surface area contributed by atoms with E-state index in [9.17, 15) is 4.79 Å². The summed E-state index contributed by atoms with van der Waals surface area (Å²) in [7, 11) is 0. The SMILES string of the molecule is CC(C)CCCCNc1ccc(C(=O)O)o1. The van der Waals surface area contributed by atoms with Gasteiger partial charge in [0.1, 0.15) is 0 Å². The van der Waals surface area contributed by atoms with E-state index in [0.717, 1.165) is 18.9 Å². The van der Waals surface area contributed by atoms with Gasteiger partial charge in [0, 0.05) is 12.6 Å². The molecule has 0 atom stereocenters. The van der Waals surface area contributed by atoms with Crippen LogP contribution in [0.15, 0.2) is 16.5 Å². The second-order valence-corrected chi connectivity index (χ2v) is 4.29. The largest absolute Gasteiger partial charge is 0.475 e. The third kappa shape index (κ3) is 4.38. The van der Waals surface area contributed by atoms with Crippen LogP contribution in [0.4, 0.5) is 5.88 Å². The van der Waals surface area contributed by atoms with Gasteiger partial charge >= 0.3 is 5.97 Å². The van der Waals surface area contributed by atoms with Crippen LogP contribution < -0.4 is 5.32 Å². The summed E-state index contributed by atoms with van der Waals surface area (Å²) < 4.78 is 5.06. The summed E-state index contributed by atoms with van der Waals surface area (Å²) in [5.74, 6) is 0.210. The van der Waals surface area contributed by atoms with Crippen LogP contribution in [-0.2, 0) is 0 Å². The molecule has 0 saturated heterocycles. The van der Waals surface area contributed by atoms with Gasteiger partial charge in [0.05, 0.1) is 0 Å². The predicted octanol–water partition coefficient (Wildman–Crippen LogP) is 3.22. The minimum absolute atomic E-state index is 0.0234. The minimum atomic E-state index is -1.03. The summed E-state index contributed by atoms with van der Waals surface area (Å²) in [6.45, 7) is 5.23. The Kier molecular flexibility index (Phi) is 4.89. The average Bonchev–Trinajstić information content (AvgIpc) is 2.65. The molecule has 1 heterocycles. The zero-order valence-corrected chi connectivity index (χ0v) is 9.82. The maximum atomic E-state index is 10.5. The Labute approximate surface area is 95.7 Å². The van der Waals surface area contributed by atoms with Crippen molar-refractivity contribution in [2.45, 2.75) is 33.1 Å². The Morgan fingerprint density at radius 1 is 1.44 bits per heavy atom. The van der Waals surface area contributed by atoms with Crippen LogP contribution in [0.1, 0.15) is 43.7 Å². The highest BCUT2D eigenvalue weighted by Gasteiger charge is 2.07. The maximum absolute atomic E-state index is 10.5. The standard InChI is InChI=1S/C12H19NO3/c1-9(2)5-3-4-8-13-11-7-6-10(16-11)12(14)15/h6-7,9,13H,3-5,8H2,1-2H3,(H,14,15). The molecule has 0 aliphatic carbocycles. The van der Waals surface area contributed by atoms with Crippen molar-refractivity contribution >= 4 is 11.9 Å². The van der Waals surface area contributed by atoms with Crippen molar-refractivity contribution in [2.75, 3.05) is 11.9 Å². The third-order valence-corrected chi connectivity index (χ3v) is 2.32. The van der Waals surface area contributed by atoms with Gasteiger partial charge in [-0.1, -0.05) is 26.7 Å². The summed E-state index contributed by atoms with van der Waals surface area (Å²) in [4.78, 5) is 10.5. The van der Waals surface area contributed by atoms with Crippen LogP contribution in [0, 0.1) is 5.92 Å². The van der Waals surface area contributed by atoms with E-state index in [1.807, 2.05) is 0 Å². The molecule has 1 rings (SSSR count). The van der Waals surface area contributed by atoms with Gasteiger partial charge < -0.3 is 14.8 Å². The number of unbranched alkanes of at least 4 members (excludes halogenated alkanes) is 1. The zero-order valence-electron chi connectivity index (χ0n) is 9.82. The Hall–Kier alpha value is -1.45. The van der Waals surface area contributed by atoms with Gasteiger partial charge in [0.15, 0.2) is 5.88 Å². The molecule has 4 heteroatoms. The number of nitrogens with one attached hydrogen (secondary N) is 1. The third-order valence-electron chi connectivity index (χ3n) is 2.32. The monoisotopic (exact) mass is 225 g/mol. The Balaban J connectivity index is 2.19. The topological polar surface area (TPSA) is 62.5 Å².